The van der Waals surface area contributed by atoms with Crippen LogP contribution in [0.5, 0.6) is 0 Å². The second-order valence-corrected chi connectivity index (χ2v) is 9.64. The van der Waals surface area contributed by atoms with E-state index in [1.165, 1.54) is 83.0 Å². The maximum absolute atomic E-state index is 10.4. The number of aryl methyl sites for hydroxylation is 1. The van der Waals surface area contributed by atoms with Crippen molar-refractivity contribution in [3.8, 4) is 0 Å². The Bertz CT molecular complexity index is 616. The first-order valence-corrected chi connectivity index (χ1v) is 12.6. The van der Waals surface area contributed by atoms with Gasteiger partial charge in [-0.2, -0.15) is 0 Å². The first kappa shape index (κ1) is 28.1. The fourth-order valence-electron chi connectivity index (χ4n) is 3.30. The predicted molar refractivity (Wildman–Crippen MR) is 120 cm³/mol. The summed E-state index contributed by atoms with van der Waals surface area (Å²) < 4.78 is 32.2. The Labute approximate surface area is 179 Å². The van der Waals surface area contributed by atoms with Gasteiger partial charge >= 0.3 is 0 Å². The van der Waals surface area contributed by atoms with E-state index >= 15 is 0 Å². The van der Waals surface area contributed by atoms with Crippen molar-refractivity contribution in [1.29, 1.82) is 0 Å². The zero-order valence-corrected chi connectivity index (χ0v) is 19.8. The summed E-state index contributed by atoms with van der Waals surface area (Å²) in [5.74, 6) is 0. The van der Waals surface area contributed by atoms with Crippen LogP contribution in [0.2, 0.25) is 0 Å². The molecule has 0 amide bonds. The lowest BCUT2D eigenvalue weighted by Gasteiger charge is -2.34. The summed E-state index contributed by atoms with van der Waals surface area (Å²) in [6, 6.07) is 5.78. The Hall–Kier alpha value is -0.950. The molecule has 0 aliphatic heterocycles. The highest BCUT2D eigenvalue weighted by atomic mass is 32.2. The van der Waals surface area contributed by atoms with Gasteiger partial charge in [0, 0.05) is 0 Å². The number of aliphatic hydroxyl groups is 1. The molecular formula is C23H43NO4S. The highest BCUT2D eigenvalue weighted by Crippen LogP contribution is 2.12. The van der Waals surface area contributed by atoms with Gasteiger partial charge in [-0.3, -0.25) is 0 Å². The molecule has 6 heteroatoms. The molecule has 0 fully saturated rings. The Balaban J connectivity index is 0.000000604. The van der Waals surface area contributed by atoms with Gasteiger partial charge in [0.1, 0.15) is 16.7 Å². The van der Waals surface area contributed by atoms with Crippen molar-refractivity contribution in [3.63, 3.8) is 0 Å². The summed E-state index contributed by atoms with van der Waals surface area (Å²) >= 11 is 0. The summed E-state index contributed by atoms with van der Waals surface area (Å²) in [6.45, 7) is 10.1. The largest absolute Gasteiger partial charge is 0.744 e. The second-order valence-electron chi connectivity index (χ2n) is 8.26. The number of rotatable bonds is 14. The topological polar surface area (TPSA) is 77.4 Å². The van der Waals surface area contributed by atoms with Crippen molar-refractivity contribution in [3.05, 3.63) is 29.8 Å². The van der Waals surface area contributed by atoms with E-state index in [1.807, 2.05) is 6.92 Å². The minimum Gasteiger partial charge on any atom is -0.744 e. The van der Waals surface area contributed by atoms with E-state index in [4.69, 9.17) is 0 Å². The summed E-state index contributed by atoms with van der Waals surface area (Å²) in [7, 11) is -1.95. The van der Waals surface area contributed by atoms with Crippen molar-refractivity contribution in [1.82, 2.24) is 0 Å². The number of aliphatic hydroxyl groups excluding tert-OH is 1. The van der Waals surface area contributed by atoms with Gasteiger partial charge in [0.25, 0.3) is 0 Å². The van der Waals surface area contributed by atoms with Crippen LogP contribution in [-0.2, 0) is 10.1 Å². The molecule has 0 radical (unpaired) electrons. The number of hydrogen-bond donors (Lipinski definition) is 1. The van der Waals surface area contributed by atoms with Crippen LogP contribution in [0.1, 0.15) is 77.2 Å². The van der Waals surface area contributed by atoms with Crippen LogP contribution in [0.4, 0.5) is 0 Å². The van der Waals surface area contributed by atoms with Crippen LogP contribution >= 0.6 is 0 Å². The van der Waals surface area contributed by atoms with E-state index in [0.29, 0.717) is 6.61 Å². The SMILES string of the molecule is CCCCCCC[N+](C)(CCO)CCCCCC.Cc1ccc(S(=O)(=O)[O-])cc1. The van der Waals surface area contributed by atoms with E-state index in [2.05, 4.69) is 20.9 Å². The molecule has 1 atom stereocenters. The van der Waals surface area contributed by atoms with E-state index in [-0.39, 0.29) is 4.90 Å². The molecule has 1 unspecified atom stereocenters. The lowest BCUT2D eigenvalue weighted by molar-refractivity contribution is -0.910. The molecule has 29 heavy (non-hydrogen) atoms. The molecule has 0 saturated carbocycles. The molecule has 5 nitrogen and oxygen atoms in total. The third-order valence-corrected chi connectivity index (χ3v) is 6.15. The fraction of sp³-hybridized carbons (Fsp3) is 0.739. The summed E-state index contributed by atoms with van der Waals surface area (Å²) in [4.78, 5) is -0.178. The van der Waals surface area contributed by atoms with Crippen LogP contribution in [-0.4, -0.2) is 55.8 Å². The van der Waals surface area contributed by atoms with Crippen LogP contribution in [0.15, 0.2) is 29.2 Å². The van der Waals surface area contributed by atoms with Gasteiger partial charge in [0.15, 0.2) is 0 Å². The lowest BCUT2D eigenvalue weighted by Crippen LogP contribution is -2.47. The number of nitrogens with zero attached hydrogens (tertiary/aromatic N) is 1. The van der Waals surface area contributed by atoms with Crippen LogP contribution in [0.25, 0.3) is 0 Å². The zero-order chi connectivity index (χ0) is 22.2. The average molecular weight is 430 g/mol. The molecule has 170 valence electrons. The third kappa shape index (κ3) is 14.6. The maximum Gasteiger partial charge on any atom is 0.124 e. The molecular weight excluding hydrogens is 386 g/mol. The molecule has 1 N–H and O–H groups in total. The Morgan fingerprint density at radius 2 is 1.28 bits per heavy atom. The minimum atomic E-state index is -4.27. The maximum atomic E-state index is 10.4. The van der Waals surface area contributed by atoms with E-state index in [0.717, 1.165) is 16.6 Å². The smallest absolute Gasteiger partial charge is 0.124 e. The molecule has 0 aliphatic carbocycles. The van der Waals surface area contributed by atoms with Gasteiger partial charge in [0.05, 0.1) is 31.6 Å². The van der Waals surface area contributed by atoms with Gasteiger partial charge < -0.3 is 14.1 Å². The predicted octanol–water partition coefficient (Wildman–Crippen LogP) is 4.88. The fourth-order valence-corrected chi connectivity index (χ4v) is 3.77. The first-order valence-electron chi connectivity index (χ1n) is 11.2. The highest BCUT2D eigenvalue weighted by molar-refractivity contribution is 7.85. The normalized spacial score (nSPS) is 13.4. The first-order chi connectivity index (χ1) is 13.7. The lowest BCUT2D eigenvalue weighted by atomic mass is 10.1. The molecule has 0 spiro atoms. The monoisotopic (exact) mass is 429 g/mol. The summed E-state index contributed by atoms with van der Waals surface area (Å²) in [5, 5.41) is 9.23. The molecule has 1 aromatic carbocycles. The standard InChI is InChI=1S/C16H36NO.C7H8O3S/c1-4-6-8-10-12-14-17(3,15-16-18)13-11-9-7-5-2;1-6-2-4-7(5-3-6)11(8,9)10/h18H,4-16H2,1-3H3;2-5H,1H3,(H,8,9,10)/q+1;/p-1. The second kappa shape index (κ2) is 15.8. The Morgan fingerprint density at radius 3 is 1.69 bits per heavy atom. The Morgan fingerprint density at radius 1 is 0.828 bits per heavy atom. The van der Waals surface area contributed by atoms with E-state index < -0.39 is 10.1 Å². The molecule has 0 bridgehead atoms. The number of unbranched alkanes of at least 4 members (excludes halogenated alkanes) is 7. The van der Waals surface area contributed by atoms with Crippen molar-refractivity contribution >= 4 is 10.1 Å². The Kier molecular flexibility index (Phi) is 15.3. The quantitative estimate of drug-likeness (QED) is 0.260. The number of likely N-dealkylation sites (N-methyl/N-ethyl adjacent to an activating group) is 1. The number of hydrogen-bond acceptors (Lipinski definition) is 4. The van der Waals surface area contributed by atoms with Gasteiger partial charge in [-0.05, 0) is 44.7 Å². The van der Waals surface area contributed by atoms with Gasteiger partial charge in [0.2, 0.25) is 0 Å². The zero-order valence-electron chi connectivity index (χ0n) is 19.0. The molecule has 0 aromatic heterocycles. The number of benzene rings is 1. The number of quaternary nitrogens is 1. The summed E-state index contributed by atoms with van der Waals surface area (Å²) in [6.07, 6.45) is 12.1. The van der Waals surface area contributed by atoms with Crippen molar-refractivity contribution < 1.29 is 22.6 Å². The highest BCUT2D eigenvalue weighted by Gasteiger charge is 2.19. The molecule has 1 rings (SSSR count). The van der Waals surface area contributed by atoms with E-state index in [9.17, 15) is 18.1 Å². The molecule has 1 aromatic rings. The van der Waals surface area contributed by atoms with Crippen LogP contribution in [0.3, 0.4) is 0 Å². The van der Waals surface area contributed by atoms with Gasteiger partial charge in [-0.25, -0.2) is 8.42 Å². The van der Waals surface area contributed by atoms with Crippen LogP contribution in [0, 0.1) is 6.92 Å². The van der Waals surface area contributed by atoms with Crippen molar-refractivity contribution in [2.45, 2.75) is 83.5 Å². The molecule has 0 heterocycles. The van der Waals surface area contributed by atoms with Gasteiger partial charge in [-0.15, -0.1) is 0 Å². The molecule has 0 saturated heterocycles. The molecule has 0 aliphatic rings. The average Bonchev–Trinajstić information content (AvgIpc) is 2.66. The minimum absolute atomic E-state index is 0.178. The van der Waals surface area contributed by atoms with Gasteiger partial charge in [-0.1, -0.05) is 63.6 Å². The van der Waals surface area contributed by atoms with E-state index in [1.54, 1.807) is 12.1 Å². The van der Waals surface area contributed by atoms with Crippen molar-refractivity contribution in [2.75, 3.05) is 33.3 Å². The van der Waals surface area contributed by atoms with Crippen LogP contribution < -0.4 is 0 Å². The third-order valence-electron chi connectivity index (χ3n) is 5.30. The van der Waals surface area contributed by atoms with Crippen molar-refractivity contribution in [2.24, 2.45) is 0 Å². The summed E-state index contributed by atoms with van der Waals surface area (Å²) in [5.41, 5.74) is 0.928.